The molecule has 0 spiro atoms. The fraction of sp³-hybridized carbons (Fsp3) is 0.500. The highest BCUT2D eigenvalue weighted by molar-refractivity contribution is 8.35. The normalized spacial score (nSPS) is 19.4. The molecule has 0 aromatic carbocycles. The molecule has 5 N–H and O–H groups in total. The second-order valence-corrected chi connectivity index (χ2v) is 5.84. The SMILES string of the molecule is NS(=O)(=O)C1=NNC(NC(=O)CCC(=O)O)S1. The Kier molecular flexibility index (Phi) is 4.31. The number of aliphatic carboxylic acids is 1. The number of hydrazone groups is 1. The van der Waals surface area contributed by atoms with Crippen LogP contribution in [0.15, 0.2) is 5.10 Å². The van der Waals surface area contributed by atoms with Gasteiger partial charge in [-0.2, -0.15) is 5.10 Å². The number of rotatable bonds is 4. The van der Waals surface area contributed by atoms with Gasteiger partial charge in [-0.05, 0) is 11.8 Å². The van der Waals surface area contributed by atoms with Crippen molar-refractivity contribution in [1.29, 1.82) is 0 Å². The molecular weight excluding hydrogens is 272 g/mol. The van der Waals surface area contributed by atoms with Crippen LogP contribution in [-0.2, 0) is 19.6 Å². The third-order valence-electron chi connectivity index (χ3n) is 1.59. The van der Waals surface area contributed by atoms with Crippen LogP contribution in [0.5, 0.6) is 0 Å². The summed E-state index contributed by atoms with van der Waals surface area (Å²) in [5.41, 5.74) is 1.58. The van der Waals surface area contributed by atoms with Crippen LogP contribution in [-0.4, -0.2) is 35.3 Å². The maximum absolute atomic E-state index is 11.2. The zero-order valence-electron chi connectivity index (χ0n) is 8.41. The van der Waals surface area contributed by atoms with E-state index in [2.05, 4.69) is 15.8 Å². The van der Waals surface area contributed by atoms with Gasteiger partial charge in [0.15, 0.2) is 5.50 Å². The lowest BCUT2D eigenvalue weighted by molar-refractivity contribution is -0.138. The minimum atomic E-state index is -3.89. The number of thioether (sulfide) groups is 1. The lowest BCUT2D eigenvalue weighted by atomic mass is 10.3. The summed E-state index contributed by atoms with van der Waals surface area (Å²) in [5.74, 6) is -1.61. The summed E-state index contributed by atoms with van der Waals surface area (Å²) in [5, 5.41) is 18.9. The first kappa shape index (κ1) is 13.7. The van der Waals surface area contributed by atoms with Gasteiger partial charge in [0.05, 0.1) is 6.42 Å². The molecule has 0 saturated heterocycles. The summed E-state index contributed by atoms with van der Waals surface area (Å²) in [6.45, 7) is 0. The van der Waals surface area contributed by atoms with Crippen molar-refractivity contribution in [3.05, 3.63) is 0 Å². The van der Waals surface area contributed by atoms with Crippen LogP contribution in [0.25, 0.3) is 0 Å². The van der Waals surface area contributed by atoms with Crippen LogP contribution >= 0.6 is 11.8 Å². The van der Waals surface area contributed by atoms with E-state index in [1.807, 2.05) is 0 Å². The topological polar surface area (TPSA) is 151 Å². The van der Waals surface area contributed by atoms with Crippen LogP contribution in [0.1, 0.15) is 12.8 Å². The number of carbonyl (C=O) groups is 2. The number of hydrogen-bond acceptors (Lipinski definition) is 7. The second kappa shape index (κ2) is 5.33. The summed E-state index contributed by atoms with van der Waals surface area (Å²) in [6, 6.07) is 0. The Morgan fingerprint density at radius 1 is 1.53 bits per heavy atom. The minimum Gasteiger partial charge on any atom is -0.481 e. The van der Waals surface area contributed by atoms with Crippen molar-refractivity contribution in [3.8, 4) is 0 Å². The van der Waals surface area contributed by atoms with Crippen LogP contribution in [0.3, 0.4) is 0 Å². The number of carboxylic acids is 1. The first-order chi connectivity index (χ1) is 7.79. The number of nitrogens with zero attached hydrogens (tertiary/aromatic N) is 1. The highest BCUT2D eigenvalue weighted by atomic mass is 32.3. The standard InChI is InChI=1S/C6H10N4O5S2/c7-17(14,15)6-10-9-5(16-6)8-3(11)1-2-4(12)13/h5,9H,1-2H2,(H,8,11)(H,12,13)(H2,7,14,15). The number of amides is 1. The largest absolute Gasteiger partial charge is 0.481 e. The smallest absolute Gasteiger partial charge is 0.303 e. The van der Waals surface area contributed by atoms with Crippen molar-refractivity contribution in [1.82, 2.24) is 10.7 Å². The van der Waals surface area contributed by atoms with Gasteiger partial charge >= 0.3 is 5.97 Å². The van der Waals surface area contributed by atoms with E-state index in [1.165, 1.54) is 0 Å². The Morgan fingerprint density at radius 3 is 2.65 bits per heavy atom. The van der Waals surface area contributed by atoms with Crippen molar-refractivity contribution >= 4 is 38.0 Å². The summed E-state index contributed by atoms with van der Waals surface area (Å²) >= 11 is 0.727. The third-order valence-corrected chi connectivity index (χ3v) is 3.91. The Morgan fingerprint density at radius 2 is 2.18 bits per heavy atom. The first-order valence-electron chi connectivity index (χ1n) is 4.33. The molecule has 1 rings (SSSR count). The number of carboxylic acid groups (broad SMARTS) is 1. The molecule has 0 aromatic heterocycles. The van der Waals surface area contributed by atoms with E-state index in [-0.39, 0.29) is 17.2 Å². The molecule has 0 aliphatic carbocycles. The summed E-state index contributed by atoms with van der Waals surface area (Å²) < 4.78 is 21.4. The number of primary sulfonamides is 1. The predicted molar refractivity (Wildman–Crippen MR) is 60.1 cm³/mol. The van der Waals surface area contributed by atoms with Crippen LogP contribution in [0.4, 0.5) is 0 Å². The predicted octanol–water partition coefficient (Wildman–Crippen LogP) is -1.85. The van der Waals surface area contributed by atoms with Crippen LogP contribution < -0.4 is 15.9 Å². The molecule has 9 nitrogen and oxygen atoms in total. The molecular formula is C6H10N4O5S2. The molecule has 0 bridgehead atoms. The van der Waals surface area contributed by atoms with E-state index in [4.69, 9.17) is 10.2 Å². The van der Waals surface area contributed by atoms with E-state index >= 15 is 0 Å². The lowest BCUT2D eigenvalue weighted by Crippen LogP contribution is -2.38. The molecule has 0 radical (unpaired) electrons. The third kappa shape index (κ3) is 4.58. The second-order valence-electron chi connectivity index (χ2n) is 3.01. The van der Waals surface area contributed by atoms with Crippen molar-refractivity contribution in [2.75, 3.05) is 0 Å². The lowest BCUT2D eigenvalue weighted by Gasteiger charge is -2.10. The van der Waals surface area contributed by atoms with Crippen LogP contribution in [0, 0.1) is 0 Å². The molecule has 96 valence electrons. The van der Waals surface area contributed by atoms with Gasteiger partial charge in [-0.1, -0.05) is 0 Å². The molecule has 1 unspecified atom stereocenters. The average Bonchev–Trinajstić information content (AvgIpc) is 2.62. The average molecular weight is 282 g/mol. The maximum atomic E-state index is 11.2. The van der Waals surface area contributed by atoms with Gasteiger partial charge in [0, 0.05) is 6.42 Å². The van der Waals surface area contributed by atoms with Crippen molar-refractivity contribution in [3.63, 3.8) is 0 Å². The molecule has 0 fully saturated rings. The summed E-state index contributed by atoms with van der Waals surface area (Å²) in [6.07, 6.45) is -0.495. The van der Waals surface area contributed by atoms with Crippen molar-refractivity contribution in [2.24, 2.45) is 10.2 Å². The van der Waals surface area contributed by atoms with Gasteiger partial charge in [0.2, 0.25) is 10.3 Å². The Bertz CT molecular complexity index is 459. The number of nitrogens with two attached hydrogens (primary N) is 1. The van der Waals surface area contributed by atoms with E-state index in [9.17, 15) is 18.0 Å². The first-order valence-corrected chi connectivity index (χ1v) is 6.75. The molecule has 1 aliphatic heterocycles. The maximum Gasteiger partial charge on any atom is 0.303 e. The van der Waals surface area contributed by atoms with E-state index in [0.29, 0.717) is 0 Å². The highest BCUT2D eigenvalue weighted by Gasteiger charge is 2.27. The number of hydrogen-bond donors (Lipinski definition) is 4. The van der Waals surface area contributed by atoms with Gasteiger partial charge in [-0.25, -0.2) is 13.6 Å². The van der Waals surface area contributed by atoms with Gasteiger partial charge < -0.3 is 10.4 Å². The van der Waals surface area contributed by atoms with Gasteiger partial charge in [-0.15, -0.1) is 0 Å². The highest BCUT2D eigenvalue weighted by Crippen LogP contribution is 2.17. The van der Waals surface area contributed by atoms with Gasteiger partial charge in [0.1, 0.15) is 0 Å². The number of nitrogens with one attached hydrogen (secondary N) is 2. The molecule has 0 aromatic rings. The molecule has 1 heterocycles. The van der Waals surface area contributed by atoms with Crippen molar-refractivity contribution < 1.29 is 23.1 Å². The van der Waals surface area contributed by atoms with Crippen molar-refractivity contribution in [2.45, 2.75) is 18.3 Å². The molecule has 1 aliphatic rings. The fourth-order valence-electron chi connectivity index (χ4n) is 0.896. The Labute approximate surface area is 101 Å². The molecule has 11 heteroatoms. The fourth-order valence-corrected chi connectivity index (χ4v) is 2.50. The number of carbonyl (C=O) groups excluding carboxylic acids is 1. The van der Waals surface area contributed by atoms with E-state index < -0.39 is 27.4 Å². The monoisotopic (exact) mass is 282 g/mol. The quantitative estimate of drug-likeness (QED) is 0.472. The Hall–Kier alpha value is -1.33. The zero-order chi connectivity index (χ0) is 13.1. The number of sulfonamides is 1. The molecule has 0 saturated carbocycles. The molecule has 17 heavy (non-hydrogen) atoms. The van der Waals surface area contributed by atoms with Crippen LogP contribution in [0.2, 0.25) is 0 Å². The zero-order valence-corrected chi connectivity index (χ0v) is 10.0. The van der Waals surface area contributed by atoms with Gasteiger partial charge in [-0.3, -0.25) is 15.0 Å². The van der Waals surface area contributed by atoms with E-state index in [1.54, 1.807) is 0 Å². The molecule has 1 amide bonds. The van der Waals surface area contributed by atoms with E-state index in [0.717, 1.165) is 11.8 Å². The molecule has 1 atom stereocenters. The summed E-state index contributed by atoms with van der Waals surface area (Å²) in [4.78, 5) is 21.4. The minimum absolute atomic E-state index is 0.196. The van der Waals surface area contributed by atoms with Gasteiger partial charge in [0.25, 0.3) is 10.0 Å². The Balaban J connectivity index is 2.38. The summed E-state index contributed by atoms with van der Waals surface area (Å²) in [7, 11) is -3.89.